The van der Waals surface area contributed by atoms with E-state index in [9.17, 15) is 14.9 Å². The van der Waals surface area contributed by atoms with Crippen molar-refractivity contribution in [3.8, 4) is 11.8 Å². The number of carbonyl (C=O) groups is 2. The highest BCUT2D eigenvalue weighted by molar-refractivity contribution is 8.03. The van der Waals surface area contributed by atoms with Gasteiger partial charge in [0.15, 0.2) is 0 Å². The molecule has 2 N–H and O–H groups in total. The molecular weight excluding hydrogens is 434 g/mol. The third-order valence-corrected chi connectivity index (χ3v) is 6.27. The summed E-state index contributed by atoms with van der Waals surface area (Å²) in [6.45, 7) is 2.02. The Hall–Kier alpha value is -2.95. The van der Waals surface area contributed by atoms with Crippen LogP contribution in [0.1, 0.15) is 30.4 Å². The Balaban J connectivity index is 1.78. The molecule has 0 radical (unpaired) electrons. The summed E-state index contributed by atoms with van der Waals surface area (Å²) in [7, 11) is 1.52. The number of hydrogen-bond donors (Lipinski definition) is 2. The van der Waals surface area contributed by atoms with E-state index in [0.29, 0.717) is 21.4 Å². The lowest BCUT2D eigenvalue weighted by Crippen LogP contribution is -2.31. The number of nitrogens with one attached hydrogen (secondary N) is 2. The number of amides is 2. The SMILES string of the molecule is CCc1ccccc1NC(=O)CSC1=C(C#N)[C@H](c2ccc(OC)c(Cl)c2)CC(=O)N1. The van der Waals surface area contributed by atoms with Crippen LogP contribution in [0.4, 0.5) is 5.69 Å². The van der Waals surface area contributed by atoms with E-state index in [-0.39, 0.29) is 24.0 Å². The Morgan fingerprint density at radius 3 is 2.81 bits per heavy atom. The molecule has 6 nitrogen and oxygen atoms in total. The van der Waals surface area contributed by atoms with Crippen molar-refractivity contribution >= 4 is 40.9 Å². The summed E-state index contributed by atoms with van der Waals surface area (Å²) in [6.07, 6.45) is 0.932. The summed E-state index contributed by atoms with van der Waals surface area (Å²) in [5, 5.41) is 16.2. The molecule has 8 heteroatoms. The number of anilines is 1. The predicted molar refractivity (Wildman–Crippen MR) is 123 cm³/mol. The fourth-order valence-corrected chi connectivity index (χ4v) is 4.53. The molecule has 2 aromatic rings. The average Bonchev–Trinajstić information content (AvgIpc) is 2.77. The largest absolute Gasteiger partial charge is 0.495 e. The number of rotatable bonds is 7. The maximum absolute atomic E-state index is 12.5. The number of ether oxygens (including phenoxy) is 1. The van der Waals surface area contributed by atoms with Crippen LogP contribution in [0.15, 0.2) is 53.1 Å². The normalized spacial score (nSPS) is 15.8. The highest BCUT2D eigenvalue weighted by Crippen LogP contribution is 2.38. The number of nitrogens with zero attached hydrogens (tertiary/aromatic N) is 1. The minimum absolute atomic E-state index is 0.0644. The number of allylic oxidation sites excluding steroid dienone is 1. The first-order valence-corrected chi connectivity index (χ1v) is 11.1. The van der Waals surface area contributed by atoms with Crippen LogP contribution in [0.25, 0.3) is 0 Å². The summed E-state index contributed by atoms with van der Waals surface area (Å²) < 4.78 is 5.18. The summed E-state index contributed by atoms with van der Waals surface area (Å²) >= 11 is 7.37. The fourth-order valence-electron chi connectivity index (χ4n) is 3.39. The predicted octanol–water partition coefficient (Wildman–Crippen LogP) is 4.62. The zero-order chi connectivity index (χ0) is 22.4. The van der Waals surface area contributed by atoms with Crippen LogP contribution >= 0.6 is 23.4 Å². The van der Waals surface area contributed by atoms with Gasteiger partial charge in [0.1, 0.15) is 5.75 Å². The second-order valence-electron chi connectivity index (χ2n) is 6.90. The highest BCUT2D eigenvalue weighted by atomic mass is 35.5. The number of aryl methyl sites for hydroxylation is 1. The molecule has 31 heavy (non-hydrogen) atoms. The summed E-state index contributed by atoms with van der Waals surface area (Å²) in [5.41, 5.74) is 2.97. The van der Waals surface area contributed by atoms with Crippen molar-refractivity contribution in [1.82, 2.24) is 5.32 Å². The van der Waals surface area contributed by atoms with Crippen LogP contribution in [0, 0.1) is 11.3 Å². The number of methoxy groups -OCH3 is 1. The van der Waals surface area contributed by atoms with Crippen LogP contribution in [0.3, 0.4) is 0 Å². The minimum atomic E-state index is -0.437. The van der Waals surface area contributed by atoms with Crippen molar-refractivity contribution in [3.05, 3.63) is 69.2 Å². The van der Waals surface area contributed by atoms with Gasteiger partial charge in [-0.05, 0) is 35.7 Å². The lowest BCUT2D eigenvalue weighted by atomic mass is 9.87. The van der Waals surface area contributed by atoms with Gasteiger partial charge in [-0.25, -0.2) is 0 Å². The van der Waals surface area contributed by atoms with E-state index in [4.69, 9.17) is 16.3 Å². The number of thioether (sulfide) groups is 1. The van der Waals surface area contributed by atoms with Gasteiger partial charge in [0, 0.05) is 18.0 Å². The third kappa shape index (κ3) is 5.40. The van der Waals surface area contributed by atoms with Gasteiger partial charge in [-0.3, -0.25) is 9.59 Å². The molecule has 0 bridgehead atoms. The van der Waals surface area contributed by atoms with Crippen LogP contribution in [0.2, 0.25) is 5.02 Å². The van der Waals surface area contributed by atoms with Crippen LogP contribution in [-0.2, 0) is 16.0 Å². The Labute approximate surface area is 190 Å². The van der Waals surface area contributed by atoms with E-state index in [0.717, 1.165) is 35.0 Å². The van der Waals surface area contributed by atoms with E-state index < -0.39 is 5.92 Å². The van der Waals surface area contributed by atoms with E-state index in [1.165, 1.54) is 7.11 Å². The molecule has 0 saturated heterocycles. The molecule has 0 unspecified atom stereocenters. The monoisotopic (exact) mass is 455 g/mol. The first kappa shape index (κ1) is 22.7. The van der Waals surface area contributed by atoms with Crippen LogP contribution < -0.4 is 15.4 Å². The summed E-state index contributed by atoms with van der Waals surface area (Å²) in [4.78, 5) is 24.8. The Bertz CT molecular complexity index is 1080. The minimum Gasteiger partial charge on any atom is -0.495 e. The van der Waals surface area contributed by atoms with Crippen molar-refractivity contribution in [1.29, 1.82) is 5.26 Å². The van der Waals surface area contributed by atoms with Crippen molar-refractivity contribution in [3.63, 3.8) is 0 Å². The zero-order valence-corrected chi connectivity index (χ0v) is 18.8. The molecule has 0 saturated carbocycles. The number of benzene rings is 2. The number of para-hydroxylation sites is 1. The lowest BCUT2D eigenvalue weighted by Gasteiger charge is -2.25. The van der Waals surface area contributed by atoms with Gasteiger partial charge >= 0.3 is 0 Å². The summed E-state index contributed by atoms with van der Waals surface area (Å²) in [6, 6.07) is 15.0. The molecule has 1 atom stereocenters. The second kappa shape index (κ2) is 10.4. The van der Waals surface area contributed by atoms with Gasteiger partial charge in [0.25, 0.3) is 0 Å². The van der Waals surface area contributed by atoms with Gasteiger partial charge < -0.3 is 15.4 Å². The quantitative estimate of drug-likeness (QED) is 0.635. The second-order valence-corrected chi connectivity index (χ2v) is 8.29. The number of halogens is 1. The topological polar surface area (TPSA) is 91.2 Å². The van der Waals surface area contributed by atoms with Crippen molar-refractivity contribution in [2.45, 2.75) is 25.7 Å². The van der Waals surface area contributed by atoms with Gasteiger partial charge in [0.2, 0.25) is 11.8 Å². The van der Waals surface area contributed by atoms with Crippen molar-refractivity contribution < 1.29 is 14.3 Å². The Kier molecular flexibility index (Phi) is 7.61. The van der Waals surface area contributed by atoms with E-state index in [1.807, 2.05) is 31.2 Å². The van der Waals surface area contributed by atoms with Gasteiger partial charge in [-0.15, -0.1) is 0 Å². The summed E-state index contributed by atoms with van der Waals surface area (Å²) in [5.74, 6) is -0.273. The number of nitriles is 1. The number of carbonyl (C=O) groups excluding carboxylic acids is 2. The standard InChI is InChI=1S/C23H22ClN3O3S/c1-3-14-6-4-5-7-19(14)26-22(29)13-31-23-17(12-25)16(11-21(28)27-23)15-8-9-20(30-2)18(24)10-15/h4-10,16H,3,11,13H2,1-2H3,(H,26,29)(H,27,28)/t16-/m0/s1. The molecule has 0 aliphatic carbocycles. The first-order valence-electron chi connectivity index (χ1n) is 9.74. The lowest BCUT2D eigenvalue weighted by molar-refractivity contribution is -0.121. The molecule has 160 valence electrons. The molecule has 2 amide bonds. The van der Waals surface area contributed by atoms with Gasteiger partial charge in [0.05, 0.1) is 34.6 Å². The fraction of sp³-hybridized carbons (Fsp3) is 0.261. The zero-order valence-electron chi connectivity index (χ0n) is 17.2. The smallest absolute Gasteiger partial charge is 0.234 e. The molecule has 1 aliphatic heterocycles. The van der Waals surface area contributed by atoms with Crippen LogP contribution in [0.5, 0.6) is 5.75 Å². The molecule has 1 heterocycles. The van der Waals surface area contributed by atoms with E-state index in [2.05, 4.69) is 16.7 Å². The Morgan fingerprint density at radius 2 is 2.13 bits per heavy atom. The van der Waals surface area contributed by atoms with Gasteiger partial charge in [-0.2, -0.15) is 5.26 Å². The van der Waals surface area contributed by atoms with Crippen molar-refractivity contribution in [2.75, 3.05) is 18.2 Å². The van der Waals surface area contributed by atoms with Crippen LogP contribution in [-0.4, -0.2) is 24.7 Å². The maximum atomic E-state index is 12.5. The highest BCUT2D eigenvalue weighted by Gasteiger charge is 2.30. The molecule has 3 rings (SSSR count). The van der Waals surface area contributed by atoms with E-state index >= 15 is 0 Å². The first-order chi connectivity index (χ1) is 15.0. The van der Waals surface area contributed by atoms with Gasteiger partial charge in [-0.1, -0.05) is 54.6 Å². The molecule has 0 aromatic heterocycles. The Morgan fingerprint density at radius 1 is 1.35 bits per heavy atom. The molecule has 0 fully saturated rings. The molecule has 2 aromatic carbocycles. The molecule has 0 spiro atoms. The van der Waals surface area contributed by atoms with E-state index in [1.54, 1.807) is 18.2 Å². The molecule has 1 aliphatic rings. The number of hydrogen-bond acceptors (Lipinski definition) is 5. The average molecular weight is 456 g/mol. The third-order valence-electron chi connectivity index (χ3n) is 4.95. The van der Waals surface area contributed by atoms with Crippen molar-refractivity contribution in [2.24, 2.45) is 0 Å². The maximum Gasteiger partial charge on any atom is 0.234 e. The molecular formula is C23H22ClN3O3S.